The second kappa shape index (κ2) is 7.67. The van der Waals surface area contributed by atoms with Crippen LogP contribution in [0.4, 0.5) is 11.4 Å². The van der Waals surface area contributed by atoms with Crippen molar-refractivity contribution in [2.45, 2.75) is 38.1 Å². The van der Waals surface area contributed by atoms with Gasteiger partial charge >= 0.3 is 0 Å². The molecule has 2 N–H and O–H groups in total. The summed E-state index contributed by atoms with van der Waals surface area (Å²) < 4.78 is 0. The molecule has 1 aliphatic heterocycles. The highest BCUT2D eigenvalue weighted by atomic mass is 35.5. The molecule has 3 nitrogen and oxygen atoms in total. The summed E-state index contributed by atoms with van der Waals surface area (Å²) in [6.45, 7) is 1.96. The van der Waals surface area contributed by atoms with E-state index in [1.165, 1.54) is 36.1 Å². The summed E-state index contributed by atoms with van der Waals surface area (Å²) in [6, 6.07) is 23.0. The van der Waals surface area contributed by atoms with Crippen LogP contribution in [0.25, 0.3) is 0 Å². The van der Waals surface area contributed by atoms with Crippen LogP contribution >= 0.6 is 11.6 Å². The van der Waals surface area contributed by atoms with E-state index in [0.717, 1.165) is 28.7 Å². The van der Waals surface area contributed by atoms with Crippen molar-refractivity contribution in [2.75, 3.05) is 10.6 Å². The molecule has 1 heterocycles. The van der Waals surface area contributed by atoms with Crippen molar-refractivity contribution in [1.82, 2.24) is 0 Å². The van der Waals surface area contributed by atoms with Gasteiger partial charge in [0.1, 0.15) is 0 Å². The maximum absolute atomic E-state index is 13.1. The molecule has 2 saturated carbocycles. The van der Waals surface area contributed by atoms with Crippen LogP contribution < -0.4 is 10.6 Å². The number of anilines is 2. The number of fused-ring (bicyclic) bond motifs is 7. The molecule has 162 valence electrons. The third-order valence-electron chi connectivity index (χ3n) is 7.94. The fraction of sp³-hybridized carbons (Fsp3) is 0.321. The summed E-state index contributed by atoms with van der Waals surface area (Å²) in [4.78, 5) is 13.1. The molecule has 2 aliphatic carbocycles. The van der Waals surface area contributed by atoms with Gasteiger partial charge in [0.2, 0.25) is 0 Å². The van der Waals surface area contributed by atoms with E-state index in [9.17, 15) is 4.79 Å². The van der Waals surface area contributed by atoms with Gasteiger partial charge in [-0.2, -0.15) is 0 Å². The van der Waals surface area contributed by atoms with Gasteiger partial charge in [0, 0.05) is 22.0 Å². The number of carbonyl (C=O) groups excluding carboxylic acids is 1. The van der Waals surface area contributed by atoms with Crippen molar-refractivity contribution in [3.8, 4) is 0 Å². The van der Waals surface area contributed by atoms with Gasteiger partial charge in [0.05, 0.1) is 6.04 Å². The Hall–Kier alpha value is -2.78. The van der Waals surface area contributed by atoms with Gasteiger partial charge < -0.3 is 10.6 Å². The molecule has 3 aliphatic rings. The maximum Gasteiger partial charge on any atom is 0.255 e. The molecule has 3 aromatic rings. The third kappa shape index (κ3) is 3.22. The van der Waals surface area contributed by atoms with E-state index >= 15 is 0 Å². The van der Waals surface area contributed by atoms with E-state index in [-0.39, 0.29) is 5.91 Å². The SMILES string of the molecule is Cc1cc(Cl)ccc1NC(=O)c1ccc2c(c1)[C@@H]1[C@H]3CC[C@@H](C3)[C@H]1[C@H](c1ccccc1)N2. The lowest BCUT2D eigenvalue weighted by Crippen LogP contribution is -2.35. The van der Waals surface area contributed by atoms with Crippen LogP contribution in [0.1, 0.15) is 58.3 Å². The van der Waals surface area contributed by atoms with E-state index in [4.69, 9.17) is 11.6 Å². The molecule has 2 bridgehead atoms. The number of benzene rings is 3. The highest BCUT2D eigenvalue weighted by Crippen LogP contribution is 2.63. The Kier molecular flexibility index (Phi) is 4.76. The smallest absolute Gasteiger partial charge is 0.255 e. The van der Waals surface area contributed by atoms with Gasteiger partial charge in [-0.1, -0.05) is 41.9 Å². The number of hydrogen-bond acceptors (Lipinski definition) is 2. The quantitative estimate of drug-likeness (QED) is 0.450. The molecule has 3 aromatic carbocycles. The highest BCUT2D eigenvalue weighted by molar-refractivity contribution is 6.30. The molecule has 0 aromatic heterocycles. The second-order valence-corrected chi connectivity index (χ2v) is 10.1. The fourth-order valence-electron chi connectivity index (χ4n) is 6.58. The molecule has 1 amide bonds. The van der Waals surface area contributed by atoms with Crippen LogP contribution in [-0.2, 0) is 0 Å². The van der Waals surface area contributed by atoms with Gasteiger partial charge in [-0.05, 0) is 103 Å². The summed E-state index contributed by atoms with van der Waals surface area (Å²) >= 11 is 6.07. The van der Waals surface area contributed by atoms with Gasteiger partial charge in [0.25, 0.3) is 5.91 Å². The number of halogens is 1. The Balaban J connectivity index is 1.34. The largest absolute Gasteiger partial charge is 0.378 e. The minimum Gasteiger partial charge on any atom is -0.378 e. The number of hydrogen-bond donors (Lipinski definition) is 2. The van der Waals surface area contributed by atoms with E-state index in [1.807, 2.05) is 31.2 Å². The normalized spacial score (nSPS) is 27.4. The van der Waals surface area contributed by atoms with E-state index in [0.29, 0.717) is 22.9 Å². The summed E-state index contributed by atoms with van der Waals surface area (Å²) in [5.74, 6) is 2.56. The van der Waals surface area contributed by atoms with Crippen molar-refractivity contribution >= 4 is 28.9 Å². The van der Waals surface area contributed by atoms with Crippen LogP contribution in [-0.4, -0.2) is 5.91 Å². The average Bonchev–Trinajstić information content (AvgIpc) is 3.43. The molecule has 0 unspecified atom stereocenters. The predicted octanol–water partition coefficient (Wildman–Crippen LogP) is 7.20. The number of nitrogens with one attached hydrogen (secondary N) is 2. The minimum atomic E-state index is -0.0666. The number of aryl methyl sites for hydroxylation is 1. The first-order valence-electron chi connectivity index (χ1n) is 11.6. The first kappa shape index (κ1) is 19.9. The van der Waals surface area contributed by atoms with E-state index < -0.39 is 0 Å². The van der Waals surface area contributed by atoms with Gasteiger partial charge in [0.15, 0.2) is 0 Å². The highest BCUT2D eigenvalue weighted by Gasteiger charge is 2.53. The van der Waals surface area contributed by atoms with Crippen LogP contribution in [0.3, 0.4) is 0 Å². The van der Waals surface area contributed by atoms with Gasteiger partial charge in [-0.25, -0.2) is 0 Å². The first-order valence-corrected chi connectivity index (χ1v) is 12.0. The maximum atomic E-state index is 13.1. The Bertz CT molecular complexity index is 1190. The van der Waals surface area contributed by atoms with Crippen LogP contribution in [0, 0.1) is 24.7 Å². The minimum absolute atomic E-state index is 0.0666. The lowest BCUT2D eigenvalue weighted by Gasteiger charge is -2.43. The molecule has 4 heteroatoms. The van der Waals surface area contributed by atoms with E-state index in [2.05, 4.69) is 53.1 Å². The zero-order chi connectivity index (χ0) is 21.8. The zero-order valence-corrected chi connectivity index (χ0v) is 18.9. The molecular formula is C28H27ClN2O. The molecule has 0 spiro atoms. The summed E-state index contributed by atoms with van der Waals surface area (Å²) in [6.07, 6.45) is 3.97. The first-order chi connectivity index (χ1) is 15.6. The molecule has 2 fully saturated rings. The van der Waals surface area contributed by atoms with Gasteiger partial charge in [-0.15, -0.1) is 0 Å². The van der Waals surface area contributed by atoms with Crippen LogP contribution in [0.2, 0.25) is 5.02 Å². The molecule has 0 saturated heterocycles. The zero-order valence-electron chi connectivity index (χ0n) is 18.1. The summed E-state index contributed by atoms with van der Waals surface area (Å²) in [5.41, 5.74) is 6.38. The Morgan fingerprint density at radius 2 is 1.81 bits per heavy atom. The van der Waals surface area contributed by atoms with Crippen LogP contribution in [0.5, 0.6) is 0 Å². The molecular weight excluding hydrogens is 416 g/mol. The second-order valence-electron chi connectivity index (χ2n) is 9.68. The monoisotopic (exact) mass is 442 g/mol. The van der Waals surface area contributed by atoms with E-state index in [1.54, 1.807) is 0 Å². The lowest BCUT2D eigenvalue weighted by molar-refractivity contribution is 0.102. The Labute approximate surface area is 194 Å². The van der Waals surface area contributed by atoms with Crippen LogP contribution in [0.15, 0.2) is 66.7 Å². The molecule has 5 atom stereocenters. The predicted molar refractivity (Wildman–Crippen MR) is 130 cm³/mol. The van der Waals surface area contributed by atoms with Crippen molar-refractivity contribution in [3.63, 3.8) is 0 Å². The Morgan fingerprint density at radius 1 is 1.00 bits per heavy atom. The average molecular weight is 443 g/mol. The van der Waals surface area contributed by atoms with Gasteiger partial charge in [-0.3, -0.25) is 4.79 Å². The standard InChI is InChI=1S/C28H27ClN2O/c1-16-13-21(29)10-12-23(16)31-28(32)20-9-11-24-22(15-20)25-18-7-8-19(14-18)26(25)27(30-24)17-5-3-2-4-6-17/h2-6,9-13,15,18-19,25-27,30H,7-8,14H2,1H3,(H,31,32)/t18-,19-,25-,26+,27-/m0/s1. The molecule has 6 rings (SSSR count). The lowest BCUT2D eigenvalue weighted by atomic mass is 9.68. The number of amides is 1. The molecule has 0 radical (unpaired) electrons. The fourth-order valence-corrected chi connectivity index (χ4v) is 6.81. The number of carbonyl (C=O) groups is 1. The third-order valence-corrected chi connectivity index (χ3v) is 8.18. The summed E-state index contributed by atoms with van der Waals surface area (Å²) in [7, 11) is 0. The number of rotatable bonds is 3. The van der Waals surface area contributed by atoms with Crippen molar-refractivity contribution in [2.24, 2.45) is 17.8 Å². The summed E-state index contributed by atoms with van der Waals surface area (Å²) in [5, 5.41) is 7.60. The topological polar surface area (TPSA) is 41.1 Å². The van der Waals surface area contributed by atoms with Crippen molar-refractivity contribution in [1.29, 1.82) is 0 Å². The molecule has 32 heavy (non-hydrogen) atoms. The van der Waals surface area contributed by atoms with Crippen molar-refractivity contribution in [3.05, 3.63) is 94.0 Å². The van der Waals surface area contributed by atoms with Crippen molar-refractivity contribution < 1.29 is 4.79 Å². The Morgan fingerprint density at radius 3 is 2.62 bits per heavy atom.